The summed E-state index contributed by atoms with van der Waals surface area (Å²) in [7, 11) is 3.75. The summed E-state index contributed by atoms with van der Waals surface area (Å²) in [5, 5.41) is 14.9. The first-order chi connectivity index (χ1) is 12.6. The molecule has 0 amide bonds. The largest absolute Gasteiger partial charge is 0.496 e. The fourth-order valence-electron chi connectivity index (χ4n) is 4.66. The molecule has 0 spiro atoms. The molecule has 0 radical (unpaired) electrons. The molecule has 7 heteroatoms. The van der Waals surface area contributed by atoms with Crippen LogP contribution in [0.25, 0.3) is 0 Å². The minimum Gasteiger partial charge on any atom is -0.496 e. The van der Waals surface area contributed by atoms with Gasteiger partial charge in [-0.3, -0.25) is 0 Å². The van der Waals surface area contributed by atoms with E-state index in [1.807, 2.05) is 6.07 Å². The molecular weight excluding hydrogens is 463 g/mol. The Kier molecular flexibility index (Phi) is 11.1. The SMILES string of the molecule is CNC1CCN(CC(c2ccc(OC)c(Br)c2)C2(O)CCCCC2)CC1.Cl.Cl. The molecule has 1 unspecified atom stereocenters. The topological polar surface area (TPSA) is 44.7 Å². The second-order valence-corrected chi connectivity index (χ2v) is 8.83. The fraction of sp³-hybridized carbons (Fsp3) is 0.714. The normalized spacial score (nSPS) is 21.3. The Hall–Kier alpha value is -0.0400. The summed E-state index contributed by atoms with van der Waals surface area (Å²) < 4.78 is 6.37. The molecule has 1 heterocycles. The van der Waals surface area contributed by atoms with Crippen molar-refractivity contribution < 1.29 is 9.84 Å². The van der Waals surface area contributed by atoms with Crippen LogP contribution in [-0.4, -0.2) is 55.4 Å². The molecule has 1 aliphatic carbocycles. The molecule has 0 aromatic heterocycles. The van der Waals surface area contributed by atoms with Crippen LogP contribution < -0.4 is 10.1 Å². The number of hydrogen-bond donors (Lipinski definition) is 2. The highest BCUT2D eigenvalue weighted by Gasteiger charge is 2.40. The third-order valence-electron chi connectivity index (χ3n) is 6.38. The zero-order chi connectivity index (χ0) is 18.6. The summed E-state index contributed by atoms with van der Waals surface area (Å²) in [5.74, 6) is 0.995. The van der Waals surface area contributed by atoms with Crippen molar-refractivity contribution in [2.24, 2.45) is 0 Å². The van der Waals surface area contributed by atoms with E-state index < -0.39 is 5.60 Å². The third kappa shape index (κ3) is 6.23. The Morgan fingerprint density at radius 2 is 1.86 bits per heavy atom. The first kappa shape index (κ1) is 26.0. The number of methoxy groups -OCH3 is 1. The molecule has 1 saturated carbocycles. The van der Waals surface area contributed by atoms with Gasteiger partial charge in [0.15, 0.2) is 0 Å². The van der Waals surface area contributed by atoms with Gasteiger partial charge >= 0.3 is 0 Å². The fourth-order valence-corrected chi connectivity index (χ4v) is 5.22. The molecule has 3 rings (SSSR count). The zero-order valence-electron chi connectivity index (χ0n) is 17.0. The average molecular weight is 498 g/mol. The lowest BCUT2D eigenvalue weighted by Gasteiger charge is -2.43. The van der Waals surface area contributed by atoms with Crippen molar-refractivity contribution in [2.75, 3.05) is 33.8 Å². The number of nitrogens with zero attached hydrogens (tertiary/aromatic N) is 1. The van der Waals surface area contributed by atoms with E-state index in [1.54, 1.807) is 7.11 Å². The van der Waals surface area contributed by atoms with E-state index in [1.165, 1.54) is 24.8 Å². The summed E-state index contributed by atoms with van der Waals surface area (Å²) in [5.41, 5.74) is 0.629. The van der Waals surface area contributed by atoms with Crippen LogP contribution in [0.3, 0.4) is 0 Å². The smallest absolute Gasteiger partial charge is 0.133 e. The molecule has 1 aromatic carbocycles. The van der Waals surface area contributed by atoms with E-state index in [4.69, 9.17) is 4.74 Å². The van der Waals surface area contributed by atoms with Crippen molar-refractivity contribution >= 4 is 40.7 Å². The first-order valence-electron chi connectivity index (χ1n) is 10.0. The van der Waals surface area contributed by atoms with Crippen LogP contribution in [0, 0.1) is 0 Å². The van der Waals surface area contributed by atoms with Crippen LogP contribution in [0.5, 0.6) is 5.75 Å². The van der Waals surface area contributed by atoms with Gasteiger partial charge in [0, 0.05) is 18.5 Å². The van der Waals surface area contributed by atoms with Crippen molar-refractivity contribution in [1.29, 1.82) is 0 Å². The maximum atomic E-state index is 11.5. The molecule has 0 bridgehead atoms. The number of hydrogen-bond acceptors (Lipinski definition) is 4. The molecule has 2 N–H and O–H groups in total. The molecule has 1 atom stereocenters. The summed E-state index contributed by atoms with van der Waals surface area (Å²) in [6, 6.07) is 6.95. The van der Waals surface area contributed by atoms with E-state index >= 15 is 0 Å². The van der Waals surface area contributed by atoms with Gasteiger partial charge in [0.2, 0.25) is 0 Å². The van der Waals surface area contributed by atoms with E-state index in [9.17, 15) is 5.11 Å². The van der Waals surface area contributed by atoms with E-state index in [-0.39, 0.29) is 30.7 Å². The van der Waals surface area contributed by atoms with Crippen LogP contribution in [-0.2, 0) is 0 Å². The maximum Gasteiger partial charge on any atom is 0.133 e. The quantitative estimate of drug-likeness (QED) is 0.594. The number of benzene rings is 1. The van der Waals surface area contributed by atoms with E-state index in [0.717, 1.165) is 55.5 Å². The van der Waals surface area contributed by atoms with Crippen molar-refractivity contribution in [3.63, 3.8) is 0 Å². The van der Waals surface area contributed by atoms with Gasteiger partial charge in [0.25, 0.3) is 0 Å². The number of halogens is 3. The lowest BCUT2D eigenvalue weighted by atomic mass is 9.72. The Labute approximate surface area is 190 Å². The number of aliphatic hydroxyl groups is 1. The number of ether oxygens (including phenoxy) is 1. The van der Waals surface area contributed by atoms with Crippen LogP contribution in [0.15, 0.2) is 22.7 Å². The molecule has 2 fully saturated rings. The number of nitrogens with one attached hydrogen (secondary N) is 1. The van der Waals surface area contributed by atoms with Crippen molar-refractivity contribution in [3.05, 3.63) is 28.2 Å². The van der Waals surface area contributed by atoms with Gasteiger partial charge in [-0.2, -0.15) is 0 Å². The Morgan fingerprint density at radius 1 is 1.21 bits per heavy atom. The molecule has 1 aliphatic heterocycles. The highest BCUT2D eigenvalue weighted by atomic mass is 79.9. The van der Waals surface area contributed by atoms with Crippen LogP contribution in [0.4, 0.5) is 0 Å². The van der Waals surface area contributed by atoms with Gasteiger partial charge in [0.1, 0.15) is 5.75 Å². The molecule has 1 aromatic rings. The van der Waals surface area contributed by atoms with E-state index in [2.05, 4.69) is 45.3 Å². The second-order valence-electron chi connectivity index (χ2n) is 7.97. The van der Waals surface area contributed by atoms with Crippen molar-refractivity contribution in [2.45, 2.75) is 62.5 Å². The lowest BCUT2D eigenvalue weighted by molar-refractivity contribution is -0.0326. The van der Waals surface area contributed by atoms with Gasteiger partial charge in [-0.25, -0.2) is 0 Å². The summed E-state index contributed by atoms with van der Waals surface area (Å²) in [6.45, 7) is 3.15. The van der Waals surface area contributed by atoms with Gasteiger partial charge < -0.3 is 20.1 Å². The van der Waals surface area contributed by atoms with Crippen LogP contribution in [0.2, 0.25) is 0 Å². The molecule has 1 saturated heterocycles. The zero-order valence-corrected chi connectivity index (χ0v) is 20.2. The van der Waals surface area contributed by atoms with Gasteiger partial charge in [-0.15, -0.1) is 24.8 Å². The molecular formula is C21H35BrCl2N2O2. The average Bonchev–Trinajstić information content (AvgIpc) is 2.67. The number of rotatable bonds is 6. The Balaban J connectivity index is 0.00000196. The third-order valence-corrected chi connectivity index (χ3v) is 7.00. The van der Waals surface area contributed by atoms with Crippen molar-refractivity contribution in [1.82, 2.24) is 10.2 Å². The van der Waals surface area contributed by atoms with Crippen molar-refractivity contribution in [3.8, 4) is 5.75 Å². The highest BCUT2D eigenvalue weighted by Crippen LogP contribution is 2.42. The summed E-state index contributed by atoms with van der Waals surface area (Å²) in [4.78, 5) is 2.54. The summed E-state index contributed by atoms with van der Waals surface area (Å²) >= 11 is 3.63. The lowest BCUT2D eigenvalue weighted by Crippen LogP contribution is -2.48. The van der Waals surface area contributed by atoms with Gasteiger partial charge in [-0.1, -0.05) is 25.3 Å². The molecule has 162 valence electrons. The molecule has 4 nitrogen and oxygen atoms in total. The van der Waals surface area contributed by atoms with Crippen LogP contribution >= 0.6 is 40.7 Å². The highest BCUT2D eigenvalue weighted by molar-refractivity contribution is 9.10. The van der Waals surface area contributed by atoms with Gasteiger partial charge in [0.05, 0.1) is 17.2 Å². The maximum absolute atomic E-state index is 11.5. The monoisotopic (exact) mass is 496 g/mol. The molecule has 28 heavy (non-hydrogen) atoms. The summed E-state index contributed by atoms with van der Waals surface area (Å²) in [6.07, 6.45) is 7.71. The Bertz CT molecular complexity index is 592. The van der Waals surface area contributed by atoms with Crippen LogP contribution in [0.1, 0.15) is 56.4 Å². The predicted molar refractivity (Wildman–Crippen MR) is 124 cm³/mol. The standard InChI is InChI=1S/C21H33BrN2O2.2ClH/c1-23-17-8-12-24(13-9-17)15-18(21(25)10-4-3-5-11-21)16-6-7-20(26-2)19(22)14-16;;/h6-7,14,17-18,23,25H,3-5,8-13,15H2,1-2H3;2*1H. The first-order valence-corrected chi connectivity index (χ1v) is 10.8. The minimum atomic E-state index is -0.591. The minimum absolute atomic E-state index is 0. The Morgan fingerprint density at radius 3 is 2.39 bits per heavy atom. The predicted octanol–water partition coefficient (Wildman–Crippen LogP) is 4.76. The number of likely N-dealkylation sites (tertiary alicyclic amines) is 1. The van der Waals surface area contributed by atoms with Gasteiger partial charge in [-0.05, 0) is 79.4 Å². The number of piperidine rings is 1. The van der Waals surface area contributed by atoms with E-state index in [0.29, 0.717) is 6.04 Å². The second kappa shape index (κ2) is 12.0. The molecule has 2 aliphatic rings.